The van der Waals surface area contributed by atoms with E-state index in [4.69, 9.17) is 10.8 Å². The number of carboxylic acids is 1. The Morgan fingerprint density at radius 3 is 2.67 bits per heavy atom. The Bertz CT molecular complexity index is 195. The summed E-state index contributed by atoms with van der Waals surface area (Å²) >= 11 is 0. The molecule has 0 bridgehead atoms. The summed E-state index contributed by atoms with van der Waals surface area (Å²) in [5.74, 6) is -1.37. The molecule has 0 radical (unpaired) electrons. The summed E-state index contributed by atoms with van der Waals surface area (Å²) in [7, 11) is 0. The fourth-order valence-corrected chi connectivity index (χ4v) is 1.74. The number of hydrogen-bond donors (Lipinski definition) is 3. The predicted octanol–water partition coefficient (Wildman–Crippen LogP) is -0.0506. The van der Waals surface area contributed by atoms with Crippen LogP contribution in [0.4, 0.5) is 0 Å². The molecule has 0 amide bonds. The maximum absolute atomic E-state index is 10.7. The standard InChI is InChI=1S/C8H15NO3/c1-5-4-6(9)2-3-8(5,12)7(10)11/h5-6,12H,2-4,9H2,1H3,(H,10,11). The number of rotatable bonds is 1. The van der Waals surface area contributed by atoms with Crippen molar-refractivity contribution in [3.63, 3.8) is 0 Å². The first kappa shape index (κ1) is 9.48. The van der Waals surface area contributed by atoms with Gasteiger partial charge >= 0.3 is 5.97 Å². The third-order valence-corrected chi connectivity index (χ3v) is 2.74. The monoisotopic (exact) mass is 173 g/mol. The minimum absolute atomic E-state index is 0.0413. The van der Waals surface area contributed by atoms with Gasteiger partial charge in [-0.2, -0.15) is 0 Å². The fraction of sp³-hybridized carbons (Fsp3) is 0.875. The topological polar surface area (TPSA) is 83.5 Å². The normalized spacial score (nSPS) is 42.6. The summed E-state index contributed by atoms with van der Waals surface area (Å²) in [6, 6.07) is 0.0413. The zero-order valence-corrected chi connectivity index (χ0v) is 7.16. The molecule has 1 saturated carbocycles. The first-order valence-electron chi connectivity index (χ1n) is 4.18. The van der Waals surface area contributed by atoms with Gasteiger partial charge in [-0.15, -0.1) is 0 Å². The summed E-state index contributed by atoms with van der Waals surface area (Å²) in [5, 5.41) is 18.4. The molecule has 3 unspecified atom stereocenters. The van der Waals surface area contributed by atoms with Crippen LogP contribution in [0.3, 0.4) is 0 Å². The molecular formula is C8H15NO3. The highest BCUT2D eigenvalue weighted by Crippen LogP contribution is 2.33. The molecule has 12 heavy (non-hydrogen) atoms. The number of carbonyl (C=O) groups is 1. The van der Waals surface area contributed by atoms with Crippen molar-refractivity contribution in [1.82, 2.24) is 0 Å². The lowest BCUT2D eigenvalue weighted by atomic mass is 9.74. The van der Waals surface area contributed by atoms with Crippen LogP contribution in [0.15, 0.2) is 0 Å². The molecule has 4 nitrogen and oxygen atoms in total. The minimum atomic E-state index is -1.55. The second-order valence-electron chi connectivity index (χ2n) is 3.66. The van der Waals surface area contributed by atoms with Crippen molar-refractivity contribution in [3.8, 4) is 0 Å². The molecule has 1 fully saturated rings. The van der Waals surface area contributed by atoms with Gasteiger partial charge < -0.3 is 15.9 Å². The zero-order valence-electron chi connectivity index (χ0n) is 7.16. The molecule has 0 heterocycles. The smallest absolute Gasteiger partial charge is 0.335 e. The van der Waals surface area contributed by atoms with Crippen LogP contribution in [0, 0.1) is 5.92 Å². The van der Waals surface area contributed by atoms with E-state index in [1.165, 1.54) is 0 Å². The van der Waals surface area contributed by atoms with E-state index in [-0.39, 0.29) is 18.4 Å². The van der Waals surface area contributed by atoms with Crippen LogP contribution in [0.2, 0.25) is 0 Å². The van der Waals surface area contributed by atoms with Crippen molar-refractivity contribution in [2.24, 2.45) is 11.7 Å². The molecular weight excluding hydrogens is 158 g/mol. The van der Waals surface area contributed by atoms with E-state index in [0.29, 0.717) is 12.8 Å². The average molecular weight is 173 g/mol. The summed E-state index contributed by atoms with van der Waals surface area (Å²) in [6.45, 7) is 1.73. The van der Waals surface area contributed by atoms with Crippen molar-refractivity contribution >= 4 is 5.97 Å². The van der Waals surface area contributed by atoms with E-state index in [9.17, 15) is 9.90 Å². The van der Waals surface area contributed by atoms with Crippen LogP contribution in [0.25, 0.3) is 0 Å². The second-order valence-corrected chi connectivity index (χ2v) is 3.66. The van der Waals surface area contributed by atoms with Gasteiger partial charge in [0.15, 0.2) is 5.60 Å². The predicted molar refractivity (Wildman–Crippen MR) is 43.6 cm³/mol. The van der Waals surface area contributed by atoms with Gasteiger partial charge in [-0.1, -0.05) is 6.92 Å². The molecule has 0 aromatic carbocycles. The Morgan fingerprint density at radius 2 is 2.25 bits per heavy atom. The van der Waals surface area contributed by atoms with Gasteiger partial charge in [-0.25, -0.2) is 4.79 Å². The number of carboxylic acid groups (broad SMARTS) is 1. The highest BCUT2D eigenvalue weighted by atomic mass is 16.4. The molecule has 0 aromatic rings. The maximum atomic E-state index is 10.7. The molecule has 1 aliphatic rings. The SMILES string of the molecule is CC1CC(N)CCC1(O)C(=O)O. The van der Waals surface area contributed by atoms with E-state index >= 15 is 0 Å². The van der Waals surface area contributed by atoms with Crippen LogP contribution in [-0.2, 0) is 4.79 Å². The fourth-order valence-electron chi connectivity index (χ4n) is 1.74. The lowest BCUT2D eigenvalue weighted by Crippen LogP contribution is -2.50. The molecule has 0 saturated heterocycles. The highest BCUT2D eigenvalue weighted by molar-refractivity contribution is 5.77. The molecule has 3 atom stereocenters. The quantitative estimate of drug-likeness (QED) is 0.519. The van der Waals surface area contributed by atoms with Crippen LogP contribution >= 0.6 is 0 Å². The lowest BCUT2D eigenvalue weighted by molar-refractivity contribution is -0.168. The number of nitrogens with two attached hydrogens (primary N) is 1. The molecule has 70 valence electrons. The third kappa shape index (κ3) is 1.44. The van der Waals surface area contributed by atoms with Gasteiger partial charge in [0.25, 0.3) is 0 Å². The highest BCUT2D eigenvalue weighted by Gasteiger charge is 2.44. The number of aliphatic hydroxyl groups is 1. The molecule has 1 rings (SSSR count). The van der Waals surface area contributed by atoms with Crippen molar-refractivity contribution in [2.75, 3.05) is 0 Å². The second kappa shape index (κ2) is 3.03. The Labute approximate surface area is 71.4 Å². The summed E-state index contributed by atoms with van der Waals surface area (Å²) in [5.41, 5.74) is 4.10. The lowest BCUT2D eigenvalue weighted by Gasteiger charge is -2.36. The van der Waals surface area contributed by atoms with E-state index in [2.05, 4.69) is 0 Å². The minimum Gasteiger partial charge on any atom is -0.479 e. The van der Waals surface area contributed by atoms with Crippen molar-refractivity contribution in [2.45, 2.75) is 37.8 Å². The Morgan fingerprint density at radius 1 is 1.67 bits per heavy atom. The van der Waals surface area contributed by atoms with Gasteiger partial charge in [-0.05, 0) is 25.2 Å². The first-order valence-corrected chi connectivity index (χ1v) is 4.18. The van der Waals surface area contributed by atoms with Gasteiger partial charge in [-0.3, -0.25) is 0 Å². The van der Waals surface area contributed by atoms with Crippen molar-refractivity contribution < 1.29 is 15.0 Å². The largest absolute Gasteiger partial charge is 0.479 e. The Balaban J connectivity index is 2.72. The van der Waals surface area contributed by atoms with Crippen LogP contribution in [0.1, 0.15) is 26.2 Å². The molecule has 0 aromatic heterocycles. The molecule has 4 heteroatoms. The van der Waals surface area contributed by atoms with Gasteiger partial charge in [0.05, 0.1) is 0 Å². The van der Waals surface area contributed by atoms with Crippen LogP contribution in [-0.4, -0.2) is 27.8 Å². The van der Waals surface area contributed by atoms with E-state index < -0.39 is 11.6 Å². The third-order valence-electron chi connectivity index (χ3n) is 2.74. The first-order chi connectivity index (χ1) is 5.47. The molecule has 1 aliphatic carbocycles. The number of hydrogen-bond acceptors (Lipinski definition) is 3. The maximum Gasteiger partial charge on any atom is 0.335 e. The zero-order chi connectivity index (χ0) is 9.35. The molecule has 4 N–H and O–H groups in total. The summed E-state index contributed by atoms with van der Waals surface area (Å²) in [4.78, 5) is 10.7. The summed E-state index contributed by atoms with van der Waals surface area (Å²) < 4.78 is 0. The van der Waals surface area contributed by atoms with Gasteiger partial charge in [0, 0.05) is 6.04 Å². The van der Waals surface area contributed by atoms with Gasteiger partial charge in [0.2, 0.25) is 0 Å². The van der Waals surface area contributed by atoms with Crippen LogP contribution in [0.5, 0.6) is 0 Å². The average Bonchev–Trinajstić information content (AvgIpc) is 1.97. The Hall–Kier alpha value is -0.610. The van der Waals surface area contributed by atoms with Crippen molar-refractivity contribution in [1.29, 1.82) is 0 Å². The summed E-state index contributed by atoms with van der Waals surface area (Å²) in [6.07, 6.45) is 1.45. The van der Waals surface area contributed by atoms with Gasteiger partial charge in [0.1, 0.15) is 0 Å². The molecule has 0 spiro atoms. The van der Waals surface area contributed by atoms with Crippen molar-refractivity contribution in [3.05, 3.63) is 0 Å². The Kier molecular flexibility index (Phi) is 2.39. The molecule has 0 aliphatic heterocycles. The van der Waals surface area contributed by atoms with E-state index in [1.54, 1.807) is 6.92 Å². The van der Waals surface area contributed by atoms with E-state index in [0.717, 1.165) is 0 Å². The number of aliphatic carboxylic acids is 1. The van der Waals surface area contributed by atoms with Crippen LogP contribution < -0.4 is 5.73 Å². The van der Waals surface area contributed by atoms with E-state index in [1.807, 2.05) is 0 Å².